The molecule has 3 aromatic heterocycles. The summed E-state index contributed by atoms with van der Waals surface area (Å²) in [4.78, 5) is 25.7. The molecule has 0 spiro atoms. The number of methoxy groups -OCH3 is 1. The molecule has 9 heteroatoms. The highest BCUT2D eigenvalue weighted by molar-refractivity contribution is 6.12. The first-order valence-corrected chi connectivity index (χ1v) is 9.92. The molecule has 0 bridgehead atoms. The van der Waals surface area contributed by atoms with Gasteiger partial charge in [0.25, 0.3) is 5.91 Å². The maximum Gasteiger partial charge on any atom is 0.279 e. The van der Waals surface area contributed by atoms with Crippen LogP contribution in [0.4, 0.5) is 5.69 Å². The molecule has 4 rings (SSSR count). The first-order valence-electron chi connectivity index (χ1n) is 9.92. The van der Waals surface area contributed by atoms with E-state index in [1.807, 2.05) is 36.4 Å². The molecule has 1 amide bonds. The van der Waals surface area contributed by atoms with Gasteiger partial charge in [-0.2, -0.15) is 0 Å². The van der Waals surface area contributed by atoms with E-state index in [4.69, 9.17) is 15.5 Å². The van der Waals surface area contributed by atoms with E-state index in [1.54, 1.807) is 24.1 Å². The van der Waals surface area contributed by atoms with Gasteiger partial charge in [0.2, 0.25) is 0 Å². The number of nitrogens with one attached hydrogen (secondary N) is 2. The van der Waals surface area contributed by atoms with E-state index in [1.165, 1.54) is 13.3 Å². The van der Waals surface area contributed by atoms with Crippen molar-refractivity contribution in [2.75, 3.05) is 25.5 Å². The summed E-state index contributed by atoms with van der Waals surface area (Å²) in [5.74, 6) is -0.486. The molecule has 4 aromatic rings. The molecule has 5 N–H and O–H groups in total. The molecule has 162 valence electrons. The van der Waals surface area contributed by atoms with Crippen molar-refractivity contribution in [3.63, 3.8) is 0 Å². The lowest BCUT2D eigenvalue weighted by molar-refractivity contribution is 0.0705. The molecule has 9 nitrogen and oxygen atoms in total. The van der Waals surface area contributed by atoms with Crippen molar-refractivity contribution in [1.82, 2.24) is 20.4 Å². The fraction of sp³-hybridized carbons (Fsp3) is 0.130. The summed E-state index contributed by atoms with van der Waals surface area (Å²) in [6.45, 7) is 0.922. The quantitative estimate of drug-likeness (QED) is 0.260. The van der Waals surface area contributed by atoms with E-state index < -0.39 is 5.91 Å². The zero-order chi connectivity index (χ0) is 22.5. The number of pyridine rings is 3. The van der Waals surface area contributed by atoms with E-state index in [9.17, 15) is 10.0 Å². The van der Waals surface area contributed by atoms with Gasteiger partial charge in [-0.15, -0.1) is 0 Å². The van der Waals surface area contributed by atoms with Crippen LogP contribution in [0.15, 0.2) is 61.2 Å². The number of anilines is 1. The number of nitrogens with two attached hydrogens (primary N) is 1. The van der Waals surface area contributed by atoms with Crippen LogP contribution in [0.3, 0.4) is 0 Å². The summed E-state index contributed by atoms with van der Waals surface area (Å²) >= 11 is 0. The Morgan fingerprint density at radius 3 is 2.38 bits per heavy atom. The van der Waals surface area contributed by atoms with E-state index in [-0.39, 0.29) is 11.3 Å². The predicted octanol–water partition coefficient (Wildman–Crippen LogP) is 2.86. The molecular weight excluding hydrogens is 408 g/mol. The van der Waals surface area contributed by atoms with Gasteiger partial charge in [0.15, 0.2) is 5.75 Å². The summed E-state index contributed by atoms with van der Waals surface area (Å²) in [5, 5.41) is 13.0. The van der Waals surface area contributed by atoms with Crippen molar-refractivity contribution in [2.45, 2.75) is 0 Å². The zero-order valence-corrected chi connectivity index (χ0v) is 17.4. The summed E-state index contributed by atoms with van der Waals surface area (Å²) in [6, 6.07) is 11.6. The highest BCUT2D eigenvalue weighted by Crippen LogP contribution is 2.38. The van der Waals surface area contributed by atoms with Gasteiger partial charge < -0.3 is 15.8 Å². The highest BCUT2D eigenvalue weighted by atomic mass is 16.5. The smallest absolute Gasteiger partial charge is 0.279 e. The summed E-state index contributed by atoms with van der Waals surface area (Å²) < 4.78 is 5.59. The number of carbonyl (C=O) groups is 1. The Balaban J connectivity index is 1.92. The standard InChI is InChI=1S/C23H22N6O3/c1-32-22-19(23(30)29-31)17-12-26-13-18(27-11-8-24)21(17)28-20(22)16-4-2-14(3-5-16)15-6-9-25-10-7-15/h2-7,9-10,12-13,27,31H,8,11,24H2,1H3,(H,29,30). The second kappa shape index (κ2) is 9.38. The highest BCUT2D eigenvalue weighted by Gasteiger charge is 2.24. The number of ether oxygens (including phenoxy) is 1. The topological polar surface area (TPSA) is 135 Å². The van der Waals surface area contributed by atoms with Crippen molar-refractivity contribution < 1.29 is 14.7 Å². The third kappa shape index (κ3) is 3.94. The molecule has 3 heterocycles. The van der Waals surface area contributed by atoms with Crippen LogP contribution >= 0.6 is 0 Å². The first kappa shape index (κ1) is 21.2. The summed E-state index contributed by atoms with van der Waals surface area (Å²) in [5.41, 5.74) is 11.8. The van der Waals surface area contributed by atoms with Gasteiger partial charge in [-0.1, -0.05) is 24.3 Å². The minimum atomic E-state index is -0.721. The van der Waals surface area contributed by atoms with Crippen molar-refractivity contribution >= 4 is 22.5 Å². The van der Waals surface area contributed by atoms with Crippen molar-refractivity contribution in [2.24, 2.45) is 5.73 Å². The van der Waals surface area contributed by atoms with Crippen LogP contribution in [-0.4, -0.2) is 46.3 Å². The normalized spacial score (nSPS) is 10.7. The second-order valence-electron chi connectivity index (χ2n) is 6.92. The van der Waals surface area contributed by atoms with Gasteiger partial charge >= 0.3 is 0 Å². The number of rotatable bonds is 7. The molecular formula is C23H22N6O3. The number of amides is 1. The van der Waals surface area contributed by atoms with Crippen LogP contribution in [0, 0.1) is 0 Å². The Bertz CT molecular complexity index is 1250. The monoisotopic (exact) mass is 430 g/mol. The van der Waals surface area contributed by atoms with Gasteiger partial charge in [0.1, 0.15) is 5.69 Å². The number of carbonyl (C=O) groups excluding carboxylic acids is 1. The van der Waals surface area contributed by atoms with E-state index in [0.29, 0.717) is 35.4 Å². The van der Waals surface area contributed by atoms with Crippen LogP contribution in [0.5, 0.6) is 5.75 Å². The molecule has 0 aliphatic heterocycles. The minimum absolute atomic E-state index is 0.136. The van der Waals surface area contributed by atoms with E-state index >= 15 is 0 Å². The maximum atomic E-state index is 12.6. The Kier molecular flexibility index (Phi) is 6.20. The molecule has 0 atom stereocenters. The van der Waals surface area contributed by atoms with Crippen LogP contribution in [-0.2, 0) is 0 Å². The lowest BCUT2D eigenvalue weighted by Crippen LogP contribution is -2.21. The maximum absolute atomic E-state index is 12.6. The zero-order valence-electron chi connectivity index (χ0n) is 17.4. The Morgan fingerprint density at radius 1 is 1.03 bits per heavy atom. The molecule has 0 unspecified atom stereocenters. The first-order chi connectivity index (χ1) is 15.7. The minimum Gasteiger partial charge on any atom is -0.494 e. The van der Waals surface area contributed by atoms with Gasteiger partial charge in [-0.05, 0) is 23.3 Å². The predicted molar refractivity (Wildman–Crippen MR) is 122 cm³/mol. The Labute approximate surface area is 184 Å². The molecule has 0 aliphatic rings. The molecule has 0 fully saturated rings. The number of hydroxylamine groups is 1. The molecule has 32 heavy (non-hydrogen) atoms. The number of aromatic nitrogens is 3. The molecule has 0 saturated carbocycles. The van der Waals surface area contributed by atoms with Gasteiger partial charge in [0, 0.05) is 42.6 Å². The lowest BCUT2D eigenvalue weighted by atomic mass is 10.00. The average Bonchev–Trinajstić information content (AvgIpc) is 2.86. The fourth-order valence-corrected chi connectivity index (χ4v) is 3.54. The number of benzene rings is 1. The lowest BCUT2D eigenvalue weighted by Gasteiger charge is -2.17. The number of nitrogens with zero attached hydrogens (tertiary/aromatic N) is 3. The Morgan fingerprint density at radius 2 is 1.72 bits per heavy atom. The summed E-state index contributed by atoms with van der Waals surface area (Å²) in [7, 11) is 1.45. The number of fused-ring (bicyclic) bond motifs is 1. The molecule has 0 aliphatic carbocycles. The van der Waals surface area contributed by atoms with Crippen molar-refractivity contribution in [1.29, 1.82) is 0 Å². The summed E-state index contributed by atoms with van der Waals surface area (Å²) in [6.07, 6.45) is 6.61. The van der Waals surface area contributed by atoms with Gasteiger partial charge in [-0.25, -0.2) is 10.5 Å². The molecule has 0 radical (unpaired) electrons. The van der Waals surface area contributed by atoms with E-state index in [2.05, 4.69) is 15.3 Å². The number of hydrogen-bond acceptors (Lipinski definition) is 8. The largest absolute Gasteiger partial charge is 0.494 e. The SMILES string of the molecule is COc1c(-c2ccc(-c3ccncc3)cc2)nc2c(NCCN)cncc2c1C(=O)NO. The second-order valence-corrected chi connectivity index (χ2v) is 6.92. The van der Waals surface area contributed by atoms with Crippen LogP contribution < -0.4 is 21.3 Å². The van der Waals surface area contributed by atoms with Crippen LogP contribution in [0.1, 0.15) is 10.4 Å². The third-order valence-corrected chi connectivity index (χ3v) is 5.02. The average molecular weight is 430 g/mol. The van der Waals surface area contributed by atoms with Gasteiger partial charge in [-0.3, -0.25) is 20.0 Å². The van der Waals surface area contributed by atoms with E-state index in [0.717, 1.165) is 16.7 Å². The van der Waals surface area contributed by atoms with Gasteiger partial charge in [0.05, 0.1) is 30.1 Å². The molecule has 0 saturated heterocycles. The molecule has 1 aromatic carbocycles. The fourth-order valence-electron chi connectivity index (χ4n) is 3.54. The third-order valence-electron chi connectivity index (χ3n) is 5.02. The Hall–Kier alpha value is -4.08. The van der Waals surface area contributed by atoms with Crippen molar-refractivity contribution in [3.05, 3.63) is 66.7 Å². The van der Waals surface area contributed by atoms with Crippen LogP contribution in [0.2, 0.25) is 0 Å². The number of hydrogen-bond donors (Lipinski definition) is 4. The van der Waals surface area contributed by atoms with Crippen molar-refractivity contribution in [3.8, 4) is 28.1 Å². The van der Waals surface area contributed by atoms with Crippen LogP contribution in [0.25, 0.3) is 33.3 Å².